The van der Waals surface area contributed by atoms with Gasteiger partial charge in [0.2, 0.25) is 0 Å². The number of anilines is 2. The molecule has 7 heteroatoms. The highest BCUT2D eigenvalue weighted by Crippen LogP contribution is 2.32. The summed E-state index contributed by atoms with van der Waals surface area (Å²) < 4.78 is 6.10. The highest BCUT2D eigenvalue weighted by molar-refractivity contribution is 7.21. The Labute approximate surface area is 183 Å². The molecule has 0 aliphatic rings. The fourth-order valence-electron chi connectivity index (χ4n) is 3.12. The summed E-state index contributed by atoms with van der Waals surface area (Å²) in [6.07, 6.45) is 0. The highest BCUT2D eigenvalue weighted by atomic mass is 32.1. The minimum atomic E-state index is -0.387. The summed E-state index contributed by atoms with van der Waals surface area (Å²) in [7, 11) is 0. The van der Waals surface area contributed by atoms with Crippen molar-refractivity contribution in [1.82, 2.24) is 4.98 Å². The quantitative estimate of drug-likeness (QED) is 0.375. The topological polar surface area (TPSA) is 80.3 Å². The van der Waals surface area contributed by atoms with E-state index in [1.807, 2.05) is 43.3 Å². The van der Waals surface area contributed by atoms with E-state index in [-0.39, 0.29) is 12.0 Å². The van der Waals surface area contributed by atoms with Crippen LogP contribution in [-0.4, -0.2) is 23.6 Å². The van der Waals surface area contributed by atoms with Crippen LogP contribution < -0.4 is 10.6 Å². The molecule has 2 N–H and O–H groups in total. The normalized spacial score (nSPS) is 10.6. The Morgan fingerprint density at radius 1 is 1.00 bits per heavy atom. The third kappa shape index (κ3) is 4.73. The lowest BCUT2D eigenvalue weighted by molar-refractivity contribution is 0.0526. The van der Waals surface area contributed by atoms with Crippen molar-refractivity contribution in [2.24, 2.45) is 0 Å². The predicted molar refractivity (Wildman–Crippen MR) is 125 cm³/mol. The molecule has 4 rings (SSSR count). The van der Waals surface area contributed by atoms with Crippen LogP contribution in [0.5, 0.6) is 0 Å². The summed E-state index contributed by atoms with van der Waals surface area (Å²) in [5.41, 5.74) is 4.66. The first-order valence-corrected chi connectivity index (χ1v) is 10.7. The molecule has 1 aromatic heterocycles. The van der Waals surface area contributed by atoms with Gasteiger partial charge < -0.3 is 15.4 Å². The SMILES string of the molecule is CCOC(=O)c1ccc(NC(=O)Nc2ccc(-c3nc4ccccc4s3)cc2C)cc1. The number of thiazole rings is 1. The van der Waals surface area contributed by atoms with Crippen molar-refractivity contribution in [3.05, 3.63) is 77.9 Å². The monoisotopic (exact) mass is 431 g/mol. The Morgan fingerprint density at radius 3 is 2.48 bits per heavy atom. The number of aryl methyl sites for hydroxylation is 1. The first-order valence-electron chi connectivity index (χ1n) is 9.85. The zero-order valence-corrected chi connectivity index (χ0v) is 18.0. The van der Waals surface area contributed by atoms with E-state index in [4.69, 9.17) is 4.74 Å². The molecule has 0 fully saturated rings. The number of fused-ring (bicyclic) bond motifs is 1. The molecule has 2 amide bonds. The Morgan fingerprint density at radius 2 is 1.77 bits per heavy atom. The Balaban J connectivity index is 1.43. The summed E-state index contributed by atoms with van der Waals surface area (Å²) >= 11 is 1.64. The van der Waals surface area contributed by atoms with Crippen LogP contribution in [0.4, 0.5) is 16.2 Å². The maximum atomic E-state index is 12.4. The summed E-state index contributed by atoms with van der Waals surface area (Å²) in [6.45, 7) is 4.02. The number of hydrogen-bond donors (Lipinski definition) is 2. The minimum Gasteiger partial charge on any atom is -0.462 e. The molecule has 0 saturated carbocycles. The van der Waals surface area contributed by atoms with Crippen LogP contribution in [0.3, 0.4) is 0 Å². The van der Waals surface area contributed by atoms with Gasteiger partial charge >= 0.3 is 12.0 Å². The van der Waals surface area contributed by atoms with E-state index in [0.29, 0.717) is 23.5 Å². The number of amides is 2. The fourth-order valence-corrected chi connectivity index (χ4v) is 4.08. The molecule has 0 bridgehead atoms. The number of carbonyl (C=O) groups excluding carboxylic acids is 2. The van der Waals surface area contributed by atoms with Gasteiger partial charge in [-0.25, -0.2) is 14.6 Å². The maximum absolute atomic E-state index is 12.4. The predicted octanol–water partition coefficient (Wildman–Crippen LogP) is 6.09. The van der Waals surface area contributed by atoms with E-state index in [2.05, 4.69) is 21.7 Å². The number of esters is 1. The number of nitrogens with one attached hydrogen (secondary N) is 2. The molecule has 0 aliphatic carbocycles. The molecule has 0 aliphatic heterocycles. The van der Waals surface area contributed by atoms with Crippen molar-refractivity contribution in [2.45, 2.75) is 13.8 Å². The van der Waals surface area contributed by atoms with Crippen molar-refractivity contribution in [3.63, 3.8) is 0 Å². The lowest BCUT2D eigenvalue weighted by Gasteiger charge is -2.11. The van der Waals surface area contributed by atoms with Gasteiger partial charge in [-0.2, -0.15) is 0 Å². The standard InChI is InChI=1S/C24H21N3O3S/c1-3-30-23(28)16-8-11-18(12-9-16)25-24(29)27-19-13-10-17(14-15(19)2)22-26-20-6-4-5-7-21(20)31-22/h4-14H,3H2,1-2H3,(H2,25,27,29). The number of carbonyl (C=O) groups is 2. The van der Waals surface area contributed by atoms with E-state index in [1.165, 1.54) is 0 Å². The van der Waals surface area contributed by atoms with Crippen molar-refractivity contribution < 1.29 is 14.3 Å². The van der Waals surface area contributed by atoms with Crippen molar-refractivity contribution in [2.75, 3.05) is 17.2 Å². The van der Waals surface area contributed by atoms with E-state index in [1.54, 1.807) is 42.5 Å². The zero-order valence-electron chi connectivity index (χ0n) is 17.1. The molecule has 4 aromatic rings. The molecule has 3 aromatic carbocycles. The molecule has 31 heavy (non-hydrogen) atoms. The van der Waals surface area contributed by atoms with Gasteiger partial charge in [-0.15, -0.1) is 11.3 Å². The minimum absolute atomic E-state index is 0.318. The average molecular weight is 432 g/mol. The van der Waals surface area contributed by atoms with Gasteiger partial charge in [-0.3, -0.25) is 0 Å². The van der Waals surface area contributed by atoms with Gasteiger partial charge in [0.1, 0.15) is 5.01 Å². The van der Waals surface area contributed by atoms with Crippen LogP contribution in [0.2, 0.25) is 0 Å². The molecule has 0 unspecified atom stereocenters. The zero-order chi connectivity index (χ0) is 21.8. The summed E-state index contributed by atoms with van der Waals surface area (Å²) in [5, 5.41) is 6.58. The second kappa shape index (κ2) is 8.97. The number of rotatable bonds is 5. The van der Waals surface area contributed by atoms with E-state index >= 15 is 0 Å². The second-order valence-corrected chi connectivity index (χ2v) is 7.92. The third-order valence-corrected chi connectivity index (χ3v) is 5.75. The van der Waals surface area contributed by atoms with Crippen LogP contribution >= 0.6 is 11.3 Å². The largest absolute Gasteiger partial charge is 0.462 e. The number of benzene rings is 3. The molecule has 156 valence electrons. The first-order chi connectivity index (χ1) is 15.0. The Hall–Kier alpha value is -3.71. The highest BCUT2D eigenvalue weighted by Gasteiger charge is 2.11. The summed E-state index contributed by atoms with van der Waals surface area (Å²) in [5.74, 6) is -0.387. The summed E-state index contributed by atoms with van der Waals surface area (Å²) in [4.78, 5) is 28.8. The third-order valence-electron chi connectivity index (χ3n) is 4.67. The number of nitrogens with zero attached hydrogens (tertiary/aromatic N) is 1. The van der Waals surface area contributed by atoms with Gasteiger partial charge in [0.15, 0.2) is 0 Å². The Bertz CT molecular complexity index is 1220. The van der Waals surface area contributed by atoms with Crippen LogP contribution in [-0.2, 0) is 4.74 Å². The van der Waals surface area contributed by atoms with E-state index in [0.717, 1.165) is 26.4 Å². The number of hydrogen-bond acceptors (Lipinski definition) is 5. The van der Waals surface area contributed by atoms with Crippen LogP contribution in [0.1, 0.15) is 22.8 Å². The molecule has 0 atom stereocenters. The first kappa shape index (κ1) is 20.6. The molecule has 1 heterocycles. The average Bonchev–Trinajstić information content (AvgIpc) is 3.20. The number of urea groups is 1. The number of para-hydroxylation sites is 1. The molecular weight excluding hydrogens is 410 g/mol. The maximum Gasteiger partial charge on any atom is 0.338 e. The van der Waals surface area contributed by atoms with Gasteiger partial charge in [0.25, 0.3) is 0 Å². The lowest BCUT2D eigenvalue weighted by Crippen LogP contribution is -2.20. The van der Waals surface area contributed by atoms with Crippen LogP contribution in [0.25, 0.3) is 20.8 Å². The van der Waals surface area contributed by atoms with Crippen molar-refractivity contribution in [3.8, 4) is 10.6 Å². The number of ether oxygens (including phenoxy) is 1. The molecule has 0 radical (unpaired) electrons. The molecule has 0 spiro atoms. The lowest BCUT2D eigenvalue weighted by atomic mass is 10.1. The second-order valence-electron chi connectivity index (χ2n) is 6.89. The molecule has 0 saturated heterocycles. The Kier molecular flexibility index (Phi) is 5.95. The van der Waals surface area contributed by atoms with Crippen LogP contribution in [0.15, 0.2) is 66.7 Å². The van der Waals surface area contributed by atoms with E-state index < -0.39 is 0 Å². The summed E-state index contributed by atoms with van der Waals surface area (Å²) in [6, 6.07) is 20.1. The van der Waals surface area contributed by atoms with Gasteiger partial charge in [-0.1, -0.05) is 12.1 Å². The van der Waals surface area contributed by atoms with E-state index in [9.17, 15) is 9.59 Å². The smallest absolute Gasteiger partial charge is 0.338 e. The number of aromatic nitrogens is 1. The molecule has 6 nitrogen and oxygen atoms in total. The van der Waals surface area contributed by atoms with Gasteiger partial charge in [0, 0.05) is 16.9 Å². The van der Waals surface area contributed by atoms with Gasteiger partial charge in [0.05, 0.1) is 22.4 Å². The van der Waals surface area contributed by atoms with Crippen molar-refractivity contribution >= 4 is 44.9 Å². The molecular formula is C24H21N3O3S. The fraction of sp³-hybridized carbons (Fsp3) is 0.125. The van der Waals surface area contributed by atoms with Crippen molar-refractivity contribution in [1.29, 1.82) is 0 Å². The van der Waals surface area contributed by atoms with Gasteiger partial charge in [-0.05, 0) is 74.0 Å². The van der Waals surface area contributed by atoms with Crippen LogP contribution in [0, 0.1) is 6.92 Å².